The van der Waals surface area contributed by atoms with E-state index < -0.39 is 0 Å². The lowest BCUT2D eigenvalue weighted by atomic mass is 10.0. The van der Waals surface area contributed by atoms with E-state index in [1.54, 1.807) is 11.8 Å². The van der Waals surface area contributed by atoms with Gasteiger partial charge in [-0.2, -0.15) is 0 Å². The summed E-state index contributed by atoms with van der Waals surface area (Å²) in [6.07, 6.45) is 1.06. The van der Waals surface area contributed by atoms with Crippen molar-refractivity contribution in [3.05, 3.63) is 30.1 Å². The van der Waals surface area contributed by atoms with Crippen LogP contribution in [0.15, 0.2) is 24.3 Å². The molecule has 0 radical (unpaired) electrons. The fourth-order valence-corrected chi connectivity index (χ4v) is 3.92. The molecule has 2 unspecified atom stereocenters. The minimum absolute atomic E-state index is 0.103. The first kappa shape index (κ1) is 16.3. The number of hydrogen-bond donors (Lipinski definition) is 2. The molecule has 124 valence electrons. The number of amides is 2. The molecule has 5 nitrogen and oxygen atoms in total. The number of halogens is 1. The third-order valence-corrected chi connectivity index (χ3v) is 5.15. The highest BCUT2D eigenvalue weighted by molar-refractivity contribution is 7.99. The largest absolute Gasteiger partial charge is 0.331 e. The van der Waals surface area contributed by atoms with Gasteiger partial charge in [-0.25, -0.2) is 4.39 Å². The second-order valence-electron chi connectivity index (χ2n) is 5.96. The van der Waals surface area contributed by atoms with Crippen LogP contribution in [0.3, 0.4) is 0 Å². The fourth-order valence-electron chi connectivity index (χ4n) is 2.97. The Bertz CT molecular complexity index is 575. The van der Waals surface area contributed by atoms with Crippen LogP contribution in [0.1, 0.15) is 12.8 Å². The zero-order chi connectivity index (χ0) is 16.2. The normalized spacial score (nSPS) is 24.0. The number of anilines is 1. The summed E-state index contributed by atoms with van der Waals surface area (Å²) >= 11 is 1.77. The van der Waals surface area contributed by atoms with Crippen LogP contribution in [-0.4, -0.2) is 47.5 Å². The van der Waals surface area contributed by atoms with Crippen molar-refractivity contribution in [3.63, 3.8) is 0 Å². The van der Waals surface area contributed by atoms with Gasteiger partial charge in [0.15, 0.2) is 0 Å². The van der Waals surface area contributed by atoms with Gasteiger partial charge in [-0.05, 0) is 43.1 Å². The second kappa shape index (κ2) is 7.31. The van der Waals surface area contributed by atoms with Crippen molar-refractivity contribution in [2.45, 2.75) is 18.9 Å². The summed E-state index contributed by atoms with van der Waals surface area (Å²) in [6.45, 7) is 1.49. The van der Waals surface area contributed by atoms with Gasteiger partial charge < -0.3 is 15.5 Å². The number of nitrogens with zero attached hydrogens (tertiary/aromatic N) is 1. The van der Waals surface area contributed by atoms with Crippen LogP contribution < -0.4 is 10.6 Å². The molecular weight excluding hydrogens is 317 g/mol. The Balaban J connectivity index is 1.46. The molecule has 2 atom stereocenters. The SMILES string of the molecule is O=C(CC1CNC(C(=O)N2CCSC2)C1)Nc1ccc(F)cc1. The zero-order valence-electron chi connectivity index (χ0n) is 12.8. The lowest BCUT2D eigenvalue weighted by molar-refractivity contribution is -0.131. The van der Waals surface area contributed by atoms with Crippen molar-refractivity contribution < 1.29 is 14.0 Å². The molecule has 2 heterocycles. The molecule has 7 heteroatoms. The predicted molar refractivity (Wildman–Crippen MR) is 88.6 cm³/mol. The van der Waals surface area contributed by atoms with Gasteiger partial charge in [0.25, 0.3) is 0 Å². The molecule has 0 aliphatic carbocycles. The molecule has 1 aromatic carbocycles. The number of benzene rings is 1. The van der Waals surface area contributed by atoms with E-state index in [9.17, 15) is 14.0 Å². The van der Waals surface area contributed by atoms with Crippen molar-refractivity contribution >= 4 is 29.3 Å². The minimum atomic E-state index is -0.329. The number of hydrogen-bond acceptors (Lipinski definition) is 4. The van der Waals surface area contributed by atoms with Gasteiger partial charge >= 0.3 is 0 Å². The molecule has 2 saturated heterocycles. The zero-order valence-corrected chi connectivity index (χ0v) is 13.6. The van der Waals surface area contributed by atoms with Crippen LogP contribution in [0.2, 0.25) is 0 Å². The standard InChI is InChI=1S/C16H20FN3O2S/c17-12-1-3-13(4-2-12)19-15(21)8-11-7-14(18-9-11)16(22)20-5-6-23-10-20/h1-4,11,14,18H,5-10H2,(H,19,21). The molecule has 2 aliphatic heterocycles. The van der Waals surface area contributed by atoms with Crippen molar-refractivity contribution in [1.82, 2.24) is 10.2 Å². The van der Waals surface area contributed by atoms with E-state index in [4.69, 9.17) is 0 Å². The van der Waals surface area contributed by atoms with Crippen molar-refractivity contribution in [2.75, 3.05) is 30.0 Å². The van der Waals surface area contributed by atoms with Gasteiger partial charge in [0.2, 0.25) is 11.8 Å². The predicted octanol–water partition coefficient (Wildman–Crippen LogP) is 1.67. The topological polar surface area (TPSA) is 61.4 Å². The molecule has 0 bridgehead atoms. The summed E-state index contributed by atoms with van der Waals surface area (Å²) in [5.41, 5.74) is 0.587. The first-order valence-corrected chi connectivity index (χ1v) is 8.92. The molecule has 2 N–H and O–H groups in total. The lowest BCUT2D eigenvalue weighted by Gasteiger charge is -2.19. The van der Waals surface area contributed by atoms with Gasteiger partial charge in [-0.3, -0.25) is 9.59 Å². The summed E-state index contributed by atoms with van der Waals surface area (Å²) in [7, 11) is 0. The van der Waals surface area contributed by atoms with Crippen molar-refractivity contribution in [2.24, 2.45) is 5.92 Å². The van der Waals surface area contributed by atoms with E-state index in [-0.39, 0.29) is 29.6 Å². The van der Waals surface area contributed by atoms with Crippen LogP contribution in [0, 0.1) is 11.7 Å². The summed E-state index contributed by atoms with van der Waals surface area (Å²) < 4.78 is 12.8. The molecule has 0 aromatic heterocycles. The average molecular weight is 337 g/mol. The highest BCUT2D eigenvalue weighted by Gasteiger charge is 2.34. The summed E-state index contributed by atoms with van der Waals surface area (Å²) in [4.78, 5) is 26.2. The lowest BCUT2D eigenvalue weighted by Crippen LogP contribution is -2.42. The highest BCUT2D eigenvalue weighted by Crippen LogP contribution is 2.22. The van der Waals surface area contributed by atoms with Gasteiger partial charge in [0.1, 0.15) is 5.82 Å². The molecule has 23 heavy (non-hydrogen) atoms. The van der Waals surface area contributed by atoms with Crippen molar-refractivity contribution in [1.29, 1.82) is 0 Å². The number of nitrogens with one attached hydrogen (secondary N) is 2. The number of thioether (sulfide) groups is 1. The summed E-state index contributed by atoms with van der Waals surface area (Å²) in [5, 5.41) is 5.99. The Hall–Kier alpha value is -1.60. The Morgan fingerprint density at radius 2 is 2.13 bits per heavy atom. The van der Waals surface area contributed by atoms with E-state index in [1.165, 1.54) is 24.3 Å². The summed E-state index contributed by atoms with van der Waals surface area (Å²) in [6, 6.07) is 5.54. The van der Waals surface area contributed by atoms with Crippen molar-refractivity contribution in [3.8, 4) is 0 Å². The maximum Gasteiger partial charge on any atom is 0.240 e. The Kier molecular flexibility index (Phi) is 5.17. The van der Waals surface area contributed by atoms with Crippen LogP contribution in [0.4, 0.5) is 10.1 Å². The molecule has 2 aliphatic rings. The van der Waals surface area contributed by atoms with Gasteiger partial charge in [-0.1, -0.05) is 0 Å². The summed E-state index contributed by atoms with van der Waals surface area (Å²) in [5.74, 6) is 1.64. The van der Waals surface area contributed by atoms with Gasteiger partial charge in [0, 0.05) is 24.4 Å². The smallest absolute Gasteiger partial charge is 0.240 e. The maximum absolute atomic E-state index is 12.8. The quantitative estimate of drug-likeness (QED) is 0.877. The number of rotatable bonds is 4. The minimum Gasteiger partial charge on any atom is -0.331 e. The van der Waals surface area contributed by atoms with Gasteiger partial charge in [0.05, 0.1) is 11.9 Å². The van der Waals surface area contributed by atoms with E-state index in [1.807, 2.05) is 4.90 Å². The maximum atomic E-state index is 12.8. The van der Waals surface area contributed by atoms with Crippen LogP contribution >= 0.6 is 11.8 Å². The molecule has 1 aromatic rings. The Labute approximate surface area is 139 Å². The fraction of sp³-hybridized carbons (Fsp3) is 0.500. The van der Waals surface area contributed by atoms with Crippen LogP contribution in [0.5, 0.6) is 0 Å². The van der Waals surface area contributed by atoms with Crippen LogP contribution in [-0.2, 0) is 9.59 Å². The van der Waals surface area contributed by atoms with E-state index >= 15 is 0 Å². The van der Waals surface area contributed by atoms with E-state index in [0.717, 1.165) is 18.2 Å². The molecule has 2 amide bonds. The van der Waals surface area contributed by atoms with Gasteiger partial charge in [-0.15, -0.1) is 11.8 Å². The first-order valence-electron chi connectivity index (χ1n) is 7.77. The molecule has 2 fully saturated rings. The van der Waals surface area contributed by atoms with E-state index in [0.29, 0.717) is 25.1 Å². The molecular formula is C16H20FN3O2S. The number of carbonyl (C=O) groups excluding carboxylic acids is 2. The Morgan fingerprint density at radius 3 is 2.83 bits per heavy atom. The Morgan fingerprint density at radius 1 is 1.35 bits per heavy atom. The first-order chi connectivity index (χ1) is 11.1. The number of carbonyl (C=O) groups is 2. The highest BCUT2D eigenvalue weighted by atomic mass is 32.2. The molecule has 0 spiro atoms. The second-order valence-corrected chi connectivity index (χ2v) is 7.04. The van der Waals surface area contributed by atoms with E-state index in [2.05, 4.69) is 10.6 Å². The average Bonchev–Trinajstić information content (AvgIpc) is 3.20. The monoisotopic (exact) mass is 337 g/mol. The molecule has 3 rings (SSSR count). The third-order valence-electron chi connectivity index (χ3n) is 4.19. The third kappa shape index (κ3) is 4.23. The van der Waals surface area contributed by atoms with Crippen LogP contribution in [0.25, 0.3) is 0 Å². The molecule has 0 saturated carbocycles.